The number of esters is 2. The molecule has 7 heteroatoms. The van der Waals surface area contributed by atoms with Crippen LogP contribution in [0.5, 0.6) is 0 Å². The fraction of sp³-hybridized carbons (Fsp3) is 0.353. The van der Waals surface area contributed by atoms with E-state index in [1.54, 1.807) is 7.05 Å². The molecule has 1 aromatic carbocycles. The zero-order valence-corrected chi connectivity index (χ0v) is 13.8. The van der Waals surface area contributed by atoms with E-state index >= 15 is 0 Å². The molecule has 0 heterocycles. The predicted octanol–water partition coefficient (Wildman–Crippen LogP) is 1.92. The average Bonchev–Trinajstić information content (AvgIpc) is 2.61. The molecular weight excluding hydrogens is 314 g/mol. The summed E-state index contributed by atoms with van der Waals surface area (Å²) in [6, 6.07) is 9.37. The monoisotopic (exact) mass is 335 g/mol. The van der Waals surface area contributed by atoms with E-state index < -0.39 is 18.0 Å². The van der Waals surface area contributed by atoms with Gasteiger partial charge in [0.2, 0.25) is 0 Å². The standard InChI is InChI=1S/C17H21NO6/c1-18(17(21)24-13-14-7-4-3-5-8-14)11-6-12-23-16(20)10-9-15(19)22-2/h3-5,7-10H,6,11-13H2,1-2H3/b10-9+. The van der Waals surface area contributed by atoms with E-state index in [1.807, 2.05) is 30.3 Å². The van der Waals surface area contributed by atoms with Gasteiger partial charge in [-0.2, -0.15) is 0 Å². The van der Waals surface area contributed by atoms with Crippen molar-refractivity contribution in [2.24, 2.45) is 0 Å². The van der Waals surface area contributed by atoms with Crippen molar-refractivity contribution < 1.29 is 28.6 Å². The minimum atomic E-state index is -0.644. The van der Waals surface area contributed by atoms with Gasteiger partial charge in [0.1, 0.15) is 6.61 Å². The van der Waals surface area contributed by atoms with Crippen LogP contribution in [0.1, 0.15) is 12.0 Å². The van der Waals surface area contributed by atoms with Gasteiger partial charge in [0, 0.05) is 25.7 Å². The molecule has 0 unspecified atom stereocenters. The molecule has 0 spiro atoms. The first kappa shape index (κ1) is 19.2. The SMILES string of the molecule is COC(=O)/C=C/C(=O)OCCCN(C)C(=O)OCc1ccccc1. The fourth-order valence-corrected chi connectivity index (χ4v) is 1.65. The number of methoxy groups -OCH3 is 1. The second-order valence-corrected chi connectivity index (χ2v) is 4.84. The zero-order chi connectivity index (χ0) is 17.8. The lowest BCUT2D eigenvalue weighted by Crippen LogP contribution is -2.29. The summed E-state index contributed by atoms with van der Waals surface area (Å²) in [5.41, 5.74) is 0.908. The number of hydrogen-bond donors (Lipinski definition) is 0. The Hall–Kier alpha value is -2.83. The van der Waals surface area contributed by atoms with Crippen LogP contribution in [-0.2, 0) is 30.4 Å². The van der Waals surface area contributed by atoms with Crippen LogP contribution in [0, 0.1) is 0 Å². The summed E-state index contributed by atoms with van der Waals surface area (Å²) in [6.07, 6.45) is 1.98. The molecule has 1 rings (SSSR count). The van der Waals surface area contributed by atoms with Crippen molar-refractivity contribution in [2.45, 2.75) is 13.0 Å². The first-order valence-corrected chi connectivity index (χ1v) is 7.37. The number of carbonyl (C=O) groups excluding carboxylic acids is 3. The van der Waals surface area contributed by atoms with Crippen LogP contribution in [0.4, 0.5) is 4.79 Å². The van der Waals surface area contributed by atoms with Crippen LogP contribution in [0.3, 0.4) is 0 Å². The third-order valence-electron chi connectivity index (χ3n) is 2.96. The highest BCUT2D eigenvalue weighted by Gasteiger charge is 2.10. The third-order valence-corrected chi connectivity index (χ3v) is 2.96. The van der Waals surface area contributed by atoms with Gasteiger partial charge in [-0.25, -0.2) is 14.4 Å². The number of ether oxygens (including phenoxy) is 3. The molecule has 0 bridgehead atoms. The van der Waals surface area contributed by atoms with Crippen molar-refractivity contribution in [1.29, 1.82) is 0 Å². The Morgan fingerprint density at radius 3 is 2.38 bits per heavy atom. The Balaban J connectivity index is 2.17. The molecule has 1 aromatic rings. The maximum Gasteiger partial charge on any atom is 0.409 e. The molecule has 0 aromatic heterocycles. The molecule has 0 aliphatic heterocycles. The largest absolute Gasteiger partial charge is 0.466 e. The van der Waals surface area contributed by atoms with E-state index in [0.717, 1.165) is 17.7 Å². The Kier molecular flexibility index (Phi) is 8.67. The van der Waals surface area contributed by atoms with E-state index in [4.69, 9.17) is 9.47 Å². The molecule has 0 saturated heterocycles. The van der Waals surface area contributed by atoms with Crippen molar-refractivity contribution in [3.05, 3.63) is 48.0 Å². The van der Waals surface area contributed by atoms with Gasteiger partial charge in [-0.1, -0.05) is 30.3 Å². The third kappa shape index (κ3) is 7.98. The normalized spacial score (nSPS) is 10.2. The van der Waals surface area contributed by atoms with Crippen LogP contribution in [0.15, 0.2) is 42.5 Å². The number of benzene rings is 1. The molecule has 130 valence electrons. The first-order chi connectivity index (χ1) is 11.5. The molecule has 0 aliphatic carbocycles. The zero-order valence-electron chi connectivity index (χ0n) is 13.8. The average molecular weight is 335 g/mol. The van der Waals surface area contributed by atoms with Crippen molar-refractivity contribution >= 4 is 18.0 Å². The summed E-state index contributed by atoms with van der Waals surface area (Å²) in [5.74, 6) is -1.28. The Morgan fingerprint density at radius 2 is 1.71 bits per heavy atom. The molecule has 24 heavy (non-hydrogen) atoms. The van der Waals surface area contributed by atoms with E-state index in [2.05, 4.69) is 4.74 Å². The van der Waals surface area contributed by atoms with Crippen LogP contribution < -0.4 is 0 Å². The van der Waals surface area contributed by atoms with Crippen LogP contribution in [0.2, 0.25) is 0 Å². The number of rotatable bonds is 8. The fourth-order valence-electron chi connectivity index (χ4n) is 1.65. The highest BCUT2D eigenvalue weighted by molar-refractivity contribution is 5.91. The number of carbonyl (C=O) groups is 3. The Morgan fingerprint density at radius 1 is 1.04 bits per heavy atom. The van der Waals surface area contributed by atoms with Crippen molar-refractivity contribution in [2.75, 3.05) is 27.3 Å². The summed E-state index contributed by atoms with van der Waals surface area (Å²) in [4.78, 5) is 35.3. The number of hydrogen-bond acceptors (Lipinski definition) is 6. The molecule has 7 nitrogen and oxygen atoms in total. The van der Waals surface area contributed by atoms with E-state index in [1.165, 1.54) is 12.0 Å². The smallest absolute Gasteiger partial charge is 0.409 e. The first-order valence-electron chi connectivity index (χ1n) is 7.37. The second-order valence-electron chi connectivity index (χ2n) is 4.84. The molecule has 0 fully saturated rings. The van der Waals surface area contributed by atoms with Gasteiger partial charge in [-0.15, -0.1) is 0 Å². The van der Waals surface area contributed by atoms with Crippen LogP contribution in [0.25, 0.3) is 0 Å². The van der Waals surface area contributed by atoms with E-state index in [9.17, 15) is 14.4 Å². The Labute approximate surface area is 140 Å². The summed E-state index contributed by atoms with van der Waals surface area (Å²) in [7, 11) is 2.82. The second kappa shape index (κ2) is 10.8. The summed E-state index contributed by atoms with van der Waals surface area (Å²) in [5, 5.41) is 0. The van der Waals surface area contributed by atoms with Gasteiger partial charge in [0.05, 0.1) is 13.7 Å². The number of amides is 1. The Bertz CT molecular complexity index is 570. The van der Waals surface area contributed by atoms with Gasteiger partial charge in [-0.3, -0.25) is 0 Å². The summed E-state index contributed by atoms with van der Waals surface area (Å²) >= 11 is 0. The quantitative estimate of drug-likeness (QED) is 0.312. The topological polar surface area (TPSA) is 82.1 Å². The van der Waals surface area contributed by atoms with Gasteiger partial charge in [0.15, 0.2) is 0 Å². The van der Waals surface area contributed by atoms with Crippen molar-refractivity contribution in [3.8, 4) is 0 Å². The molecule has 0 atom stereocenters. The van der Waals surface area contributed by atoms with Crippen molar-refractivity contribution in [1.82, 2.24) is 4.90 Å². The minimum absolute atomic E-state index is 0.126. The highest BCUT2D eigenvalue weighted by atomic mass is 16.6. The minimum Gasteiger partial charge on any atom is -0.466 e. The highest BCUT2D eigenvalue weighted by Crippen LogP contribution is 2.03. The number of nitrogens with zero attached hydrogens (tertiary/aromatic N) is 1. The summed E-state index contributed by atoms with van der Waals surface area (Å²) in [6.45, 7) is 0.708. The van der Waals surface area contributed by atoms with E-state index in [0.29, 0.717) is 13.0 Å². The van der Waals surface area contributed by atoms with Gasteiger partial charge in [-0.05, 0) is 12.0 Å². The van der Waals surface area contributed by atoms with Gasteiger partial charge in [0.25, 0.3) is 0 Å². The maximum atomic E-state index is 11.8. The molecule has 0 radical (unpaired) electrons. The van der Waals surface area contributed by atoms with Crippen LogP contribution >= 0.6 is 0 Å². The van der Waals surface area contributed by atoms with Gasteiger partial charge >= 0.3 is 18.0 Å². The lowest BCUT2D eigenvalue weighted by atomic mass is 10.2. The molecule has 0 N–H and O–H groups in total. The predicted molar refractivity (Wildman–Crippen MR) is 86.0 cm³/mol. The molecule has 1 amide bonds. The van der Waals surface area contributed by atoms with E-state index in [-0.39, 0.29) is 13.2 Å². The van der Waals surface area contributed by atoms with Gasteiger partial charge < -0.3 is 19.1 Å². The maximum absolute atomic E-state index is 11.8. The molecular formula is C17H21NO6. The molecule has 0 saturated carbocycles. The summed E-state index contributed by atoms with van der Waals surface area (Å²) < 4.78 is 14.4. The van der Waals surface area contributed by atoms with Crippen LogP contribution in [-0.4, -0.2) is 50.2 Å². The lowest BCUT2D eigenvalue weighted by Gasteiger charge is -2.16. The van der Waals surface area contributed by atoms with Crippen molar-refractivity contribution in [3.63, 3.8) is 0 Å². The molecule has 0 aliphatic rings. The lowest BCUT2D eigenvalue weighted by molar-refractivity contribution is -0.139.